The first-order valence-corrected chi connectivity index (χ1v) is 6.29. The van der Waals surface area contributed by atoms with Crippen LogP contribution < -0.4 is 15.2 Å². The average molecular weight is 258 g/mol. The van der Waals surface area contributed by atoms with Crippen LogP contribution in [0.2, 0.25) is 0 Å². The van der Waals surface area contributed by atoms with Crippen molar-refractivity contribution < 1.29 is 9.47 Å². The Morgan fingerprint density at radius 3 is 2.47 bits per heavy atom. The maximum absolute atomic E-state index is 5.76. The van der Waals surface area contributed by atoms with Crippen molar-refractivity contribution >= 4 is 5.82 Å². The normalized spacial score (nSPS) is 10.2. The summed E-state index contributed by atoms with van der Waals surface area (Å²) in [6.07, 6.45) is 0.794. The van der Waals surface area contributed by atoms with Gasteiger partial charge in [0.2, 0.25) is 0 Å². The molecule has 2 N–H and O–H groups in total. The van der Waals surface area contributed by atoms with E-state index < -0.39 is 0 Å². The molecule has 0 saturated carbocycles. The predicted octanol–water partition coefficient (Wildman–Crippen LogP) is 2.82. The number of aromatic nitrogens is 1. The summed E-state index contributed by atoms with van der Waals surface area (Å²) < 4.78 is 11.1. The molecule has 0 aliphatic carbocycles. The van der Waals surface area contributed by atoms with Gasteiger partial charge < -0.3 is 15.2 Å². The monoisotopic (exact) mass is 258 g/mol. The van der Waals surface area contributed by atoms with E-state index in [1.54, 1.807) is 0 Å². The van der Waals surface area contributed by atoms with E-state index in [0.717, 1.165) is 17.9 Å². The van der Waals surface area contributed by atoms with E-state index >= 15 is 0 Å². The molecule has 0 aliphatic rings. The first-order chi connectivity index (χ1) is 9.25. The van der Waals surface area contributed by atoms with Crippen LogP contribution in [-0.2, 0) is 0 Å². The predicted molar refractivity (Wildman–Crippen MR) is 75.4 cm³/mol. The van der Waals surface area contributed by atoms with Gasteiger partial charge in [0.15, 0.2) is 11.6 Å². The lowest BCUT2D eigenvalue weighted by atomic mass is 10.3. The molecule has 0 radical (unpaired) electrons. The number of ether oxygens (including phenoxy) is 2. The molecule has 1 aromatic heterocycles. The molecule has 4 heteroatoms. The van der Waals surface area contributed by atoms with Gasteiger partial charge in [-0.3, -0.25) is 0 Å². The van der Waals surface area contributed by atoms with Crippen LogP contribution in [0.1, 0.15) is 12.1 Å². The lowest BCUT2D eigenvalue weighted by Crippen LogP contribution is -2.06. The van der Waals surface area contributed by atoms with E-state index in [1.807, 2.05) is 49.4 Å². The second-order valence-corrected chi connectivity index (χ2v) is 4.20. The summed E-state index contributed by atoms with van der Waals surface area (Å²) >= 11 is 0. The standard InChI is InChI=1S/C15H18N2O2/c1-12-8-9-14(15(16)17-12)19-11-5-10-18-13-6-3-2-4-7-13/h2-4,6-9H,5,10-11H2,1H3,(H2,16,17). The van der Waals surface area contributed by atoms with Crippen LogP contribution in [0.25, 0.3) is 0 Å². The minimum atomic E-state index is 0.434. The number of nitrogens with zero attached hydrogens (tertiary/aromatic N) is 1. The first-order valence-electron chi connectivity index (χ1n) is 6.29. The quantitative estimate of drug-likeness (QED) is 0.809. The van der Waals surface area contributed by atoms with E-state index in [9.17, 15) is 0 Å². The zero-order chi connectivity index (χ0) is 13.5. The Labute approximate surface area is 113 Å². The third-order valence-corrected chi connectivity index (χ3v) is 2.58. The zero-order valence-corrected chi connectivity index (χ0v) is 11.0. The molecule has 19 heavy (non-hydrogen) atoms. The fourth-order valence-corrected chi connectivity index (χ4v) is 1.63. The maximum atomic E-state index is 5.76. The highest BCUT2D eigenvalue weighted by atomic mass is 16.5. The summed E-state index contributed by atoms with van der Waals surface area (Å²) in [6, 6.07) is 13.4. The van der Waals surface area contributed by atoms with E-state index in [0.29, 0.717) is 24.8 Å². The van der Waals surface area contributed by atoms with E-state index in [2.05, 4.69) is 4.98 Å². The van der Waals surface area contributed by atoms with Crippen molar-refractivity contribution in [2.75, 3.05) is 18.9 Å². The zero-order valence-electron chi connectivity index (χ0n) is 11.0. The number of para-hydroxylation sites is 1. The number of nitrogens with two attached hydrogens (primary N) is 1. The molecular formula is C15H18N2O2. The van der Waals surface area contributed by atoms with Gasteiger partial charge in [0.1, 0.15) is 5.75 Å². The Kier molecular flexibility index (Phi) is 4.61. The summed E-state index contributed by atoms with van der Waals surface area (Å²) in [5.74, 6) is 1.94. The van der Waals surface area contributed by atoms with Gasteiger partial charge in [-0.2, -0.15) is 0 Å². The third-order valence-electron chi connectivity index (χ3n) is 2.58. The molecule has 0 saturated heterocycles. The molecule has 4 nitrogen and oxygen atoms in total. The molecule has 100 valence electrons. The summed E-state index contributed by atoms with van der Waals surface area (Å²) in [7, 11) is 0. The Hall–Kier alpha value is -2.23. The molecule has 1 heterocycles. The van der Waals surface area contributed by atoms with Gasteiger partial charge in [0.25, 0.3) is 0 Å². The molecular weight excluding hydrogens is 240 g/mol. The number of benzene rings is 1. The highest BCUT2D eigenvalue weighted by molar-refractivity contribution is 5.46. The highest BCUT2D eigenvalue weighted by Gasteiger charge is 2.01. The van der Waals surface area contributed by atoms with Crippen LogP contribution in [0.15, 0.2) is 42.5 Å². The Morgan fingerprint density at radius 2 is 1.74 bits per heavy atom. The largest absolute Gasteiger partial charge is 0.493 e. The molecule has 0 aliphatic heterocycles. The van der Waals surface area contributed by atoms with E-state index in [1.165, 1.54) is 0 Å². The molecule has 0 fully saturated rings. The number of pyridine rings is 1. The van der Waals surface area contributed by atoms with Gasteiger partial charge in [0.05, 0.1) is 13.2 Å². The van der Waals surface area contributed by atoms with Crippen molar-refractivity contribution in [1.82, 2.24) is 4.98 Å². The van der Waals surface area contributed by atoms with E-state index in [-0.39, 0.29) is 0 Å². The van der Waals surface area contributed by atoms with Gasteiger partial charge in [0, 0.05) is 12.1 Å². The van der Waals surface area contributed by atoms with Crippen LogP contribution in [0, 0.1) is 6.92 Å². The summed E-state index contributed by atoms with van der Waals surface area (Å²) in [5, 5.41) is 0. The van der Waals surface area contributed by atoms with Crippen molar-refractivity contribution in [3.63, 3.8) is 0 Å². The van der Waals surface area contributed by atoms with E-state index in [4.69, 9.17) is 15.2 Å². The van der Waals surface area contributed by atoms with Crippen LogP contribution in [0.3, 0.4) is 0 Å². The fraction of sp³-hybridized carbons (Fsp3) is 0.267. The molecule has 0 spiro atoms. The van der Waals surface area contributed by atoms with Crippen molar-refractivity contribution in [3.8, 4) is 11.5 Å². The second-order valence-electron chi connectivity index (χ2n) is 4.20. The van der Waals surface area contributed by atoms with Gasteiger partial charge in [-0.15, -0.1) is 0 Å². The highest BCUT2D eigenvalue weighted by Crippen LogP contribution is 2.18. The van der Waals surface area contributed by atoms with Crippen LogP contribution >= 0.6 is 0 Å². The molecule has 0 amide bonds. The van der Waals surface area contributed by atoms with Crippen LogP contribution in [0.4, 0.5) is 5.82 Å². The summed E-state index contributed by atoms with van der Waals surface area (Å²) in [6.45, 7) is 3.07. The number of anilines is 1. The van der Waals surface area contributed by atoms with Gasteiger partial charge >= 0.3 is 0 Å². The van der Waals surface area contributed by atoms with Gasteiger partial charge in [-0.1, -0.05) is 18.2 Å². The van der Waals surface area contributed by atoms with Crippen LogP contribution in [-0.4, -0.2) is 18.2 Å². The van der Waals surface area contributed by atoms with Crippen molar-refractivity contribution in [3.05, 3.63) is 48.2 Å². The number of hydrogen-bond donors (Lipinski definition) is 1. The van der Waals surface area contributed by atoms with Crippen molar-refractivity contribution in [2.45, 2.75) is 13.3 Å². The third kappa shape index (κ3) is 4.17. The Bertz CT molecular complexity index is 515. The maximum Gasteiger partial charge on any atom is 0.166 e. The molecule has 1 aromatic carbocycles. The lowest BCUT2D eigenvalue weighted by Gasteiger charge is -2.09. The smallest absolute Gasteiger partial charge is 0.166 e. The SMILES string of the molecule is Cc1ccc(OCCCOc2ccccc2)c(N)n1. The van der Waals surface area contributed by atoms with Crippen LogP contribution in [0.5, 0.6) is 11.5 Å². The van der Waals surface area contributed by atoms with Gasteiger partial charge in [-0.25, -0.2) is 4.98 Å². The van der Waals surface area contributed by atoms with Crippen molar-refractivity contribution in [2.24, 2.45) is 0 Å². The second kappa shape index (κ2) is 6.64. The number of rotatable bonds is 6. The Morgan fingerprint density at radius 1 is 1.00 bits per heavy atom. The number of nitrogen functional groups attached to an aromatic ring is 1. The molecule has 0 unspecified atom stereocenters. The number of hydrogen-bond acceptors (Lipinski definition) is 4. The molecule has 2 rings (SSSR count). The lowest BCUT2D eigenvalue weighted by molar-refractivity contribution is 0.248. The summed E-state index contributed by atoms with van der Waals surface area (Å²) in [4.78, 5) is 4.14. The van der Waals surface area contributed by atoms with Gasteiger partial charge in [-0.05, 0) is 31.2 Å². The topological polar surface area (TPSA) is 57.4 Å². The average Bonchev–Trinajstić information content (AvgIpc) is 2.42. The minimum absolute atomic E-state index is 0.434. The summed E-state index contributed by atoms with van der Waals surface area (Å²) in [5.41, 5.74) is 6.65. The first kappa shape index (κ1) is 13.2. The Balaban J connectivity index is 1.69. The molecule has 0 atom stereocenters. The number of aryl methyl sites for hydroxylation is 1. The fourth-order valence-electron chi connectivity index (χ4n) is 1.63. The minimum Gasteiger partial charge on any atom is -0.493 e. The van der Waals surface area contributed by atoms with Crippen molar-refractivity contribution in [1.29, 1.82) is 0 Å². The molecule has 0 bridgehead atoms. The molecule has 2 aromatic rings.